The van der Waals surface area contributed by atoms with Crippen molar-refractivity contribution in [1.29, 1.82) is 5.26 Å². The molecule has 0 radical (unpaired) electrons. The van der Waals surface area contributed by atoms with E-state index in [4.69, 9.17) is 5.73 Å². The quantitative estimate of drug-likeness (QED) is 0.708. The average molecular weight is 367 g/mol. The highest BCUT2D eigenvalue weighted by molar-refractivity contribution is 5.57. The highest BCUT2D eigenvalue weighted by Crippen LogP contribution is 2.27. The van der Waals surface area contributed by atoms with Crippen molar-refractivity contribution in [2.75, 3.05) is 26.7 Å². The van der Waals surface area contributed by atoms with E-state index >= 15 is 0 Å². The summed E-state index contributed by atoms with van der Waals surface area (Å²) in [6.07, 6.45) is 11.8. The van der Waals surface area contributed by atoms with E-state index in [1.54, 1.807) is 6.08 Å². The van der Waals surface area contributed by atoms with Crippen LogP contribution >= 0.6 is 0 Å². The first-order chi connectivity index (χ1) is 13.0. The van der Waals surface area contributed by atoms with Crippen LogP contribution in [0.4, 0.5) is 0 Å². The van der Waals surface area contributed by atoms with Crippen molar-refractivity contribution in [3.8, 4) is 6.07 Å². The number of likely N-dealkylation sites (N-methyl/N-ethyl adjacent to an activating group) is 1. The fraction of sp³-hybridized carbons (Fsp3) is 0.476. The first-order valence-electron chi connectivity index (χ1n) is 9.64. The maximum atomic E-state index is 9.52. The maximum Gasteiger partial charge on any atom is 0.141 e. The molecule has 1 fully saturated rings. The van der Waals surface area contributed by atoms with Crippen LogP contribution in [0.5, 0.6) is 0 Å². The van der Waals surface area contributed by atoms with Crippen LogP contribution in [0.3, 0.4) is 0 Å². The second-order valence-electron chi connectivity index (χ2n) is 7.47. The van der Waals surface area contributed by atoms with E-state index in [0.29, 0.717) is 18.4 Å². The number of hydrogen-bond donors (Lipinski definition) is 3. The van der Waals surface area contributed by atoms with Gasteiger partial charge in [-0.1, -0.05) is 25.2 Å². The number of allylic oxidation sites excluding steroid dienone is 4. The molecule has 3 heterocycles. The Kier molecular flexibility index (Phi) is 6.04. The third kappa shape index (κ3) is 4.44. The van der Waals surface area contributed by atoms with Gasteiger partial charge >= 0.3 is 0 Å². The minimum Gasteiger partial charge on any atom is -0.386 e. The fourth-order valence-corrected chi connectivity index (χ4v) is 3.86. The number of hydrazine groups is 1. The van der Waals surface area contributed by atoms with Gasteiger partial charge in [-0.3, -0.25) is 4.90 Å². The number of nitrogens with two attached hydrogens (primary N) is 1. The van der Waals surface area contributed by atoms with Crippen molar-refractivity contribution in [3.05, 3.63) is 59.1 Å². The van der Waals surface area contributed by atoms with Crippen molar-refractivity contribution < 1.29 is 0 Å². The molecule has 6 nitrogen and oxygen atoms in total. The third-order valence-electron chi connectivity index (χ3n) is 5.56. The molecule has 0 bridgehead atoms. The van der Waals surface area contributed by atoms with Crippen LogP contribution in [-0.2, 0) is 0 Å². The summed E-state index contributed by atoms with van der Waals surface area (Å²) in [6.45, 7) is 9.32. The Morgan fingerprint density at radius 1 is 1.37 bits per heavy atom. The first-order valence-corrected chi connectivity index (χ1v) is 9.64. The topological polar surface area (TPSA) is 80.3 Å². The minimum atomic E-state index is -0.464. The summed E-state index contributed by atoms with van der Waals surface area (Å²) < 4.78 is 0. The molecule has 0 aliphatic carbocycles. The summed E-state index contributed by atoms with van der Waals surface area (Å²) in [5, 5.41) is 14.6. The minimum absolute atomic E-state index is 0.464. The summed E-state index contributed by atoms with van der Waals surface area (Å²) in [5.41, 5.74) is 13.2. The molecule has 0 aromatic heterocycles. The molecule has 2 atom stereocenters. The zero-order chi connectivity index (χ0) is 19.4. The largest absolute Gasteiger partial charge is 0.386 e. The summed E-state index contributed by atoms with van der Waals surface area (Å²) in [7, 11) is 2.05. The van der Waals surface area contributed by atoms with Gasteiger partial charge in [-0.2, -0.15) is 5.26 Å². The molecule has 0 aromatic carbocycles. The van der Waals surface area contributed by atoms with Gasteiger partial charge in [0.2, 0.25) is 0 Å². The average Bonchev–Trinajstić information content (AvgIpc) is 2.65. The number of rotatable bonds is 3. The Bertz CT molecular complexity index is 751. The number of nitrogens with one attached hydrogen (secondary N) is 2. The van der Waals surface area contributed by atoms with E-state index in [9.17, 15) is 5.26 Å². The number of piperidine rings is 1. The van der Waals surface area contributed by atoms with Crippen molar-refractivity contribution in [1.82, 2.24) is 20.7 Å². The lowest BCUT2D eigenvalue weighted by Crippen LogP contribution is -2.44. The second kappa shape index (κ2) is 8.47. The Morgan fingerprint density at radius 2 is 2.19 bits per heavy atom. The van der Waals surface area contributed by atoms with Crippen LogP contribution in [0.1, 0.15) is 26.2 Å². The van der Waals surface area contributed by atoms with Gasteiger partial charge in [0, 0.05) is 31.9 Å². The molecule has 27 heavy (non-hydrogen) atoms. The predicted octanol–water partition coefficient (Wildman–Crippen LogP) is 1.90. The van der Waals surface area contributed by atoms with Gasteiger partial charge in [0.05, 0.1) is 11.9 Å². The molecule has 0 spiro atoms. The van der Waals surface area contributed by atoms with Gasteiger partial charge in [0.1, 0.15) is 6.04 Å². The monoisotopic (exact) mass is 366 g/mol. The lowest BCUT2D eigenvalue weighted by atomic mass is 9.90. The summed E-state index contributed by atoms with van der Waals surface area (Å²) >= 11 is 0. The highest BCUT2D eigenvalue weighted by Gasteiger charge is 2.24. The van der Waals surface area contributed by atoms with Crippen LogP contribution in [-0.4, -0.2) is 48.7 Å². The third-order valence-corrected chi connectivity index (χ3v) is 5.56. The Balaban J connectivity index is 1.85. The van der Waals surface area contributed by atoms with Gasteiger partial charge in [-0.05, 0) is 55.2 Å². The number of nitriles is 1. The maximum absolute atomic E-state index is 9.52. The molecule has 0 saturated carbocycles. The van der Waals surface area contributed by atoms with Gasteiger partial charge in [-0.15, -0.1) is 0 Å². The Labute approximate surface area is 162 Å². The zero-order valence-corrected chi connectivity index (χ0v) is 16.3. The standard InChI is InChI=1S/C21H30N6/c1-15-12-17(14-27-11-5-4-6-16(27)2)26(3)24-10-9-18(15)19-7-8-21(23)25-20(19)13-22/h7-9,12,16,20,24-25H,1,4-6,10-11,14,23H2,2-3H3/b17-12-,18-9+. The highest BCUT2D eigenvalue weighted by atomic mass is 15.5. The Morgan fingerprint density at radius 3 is 2.93 bits per heavy atom. The van der Waals surface area contributed by atoms with Crippen molar-refractivity contribution in [2.45, 2.75) is 38.3 Å². The zero-order valence-electron chi connectivity index (χ0n) is 16.3. The Hall–Kier alpha value is -2.49. The van der Waals surface area contributed by atoms with Crippen molar-refractivity contribution in [3.63, 3.8) is 0 Å². The SMILES string of the molecule is C=C1/C=C(/CN2CCCCC2C)N(C)NC/C=C\1C1=CC=C(N)NC1C#N. The van der Waals surface area contributed by atoms with Gasteiger partial charge in [-0.25, -0.2) is 5.43 Å². The van der Waals surface area contributed by atoms with E-state index in [-0.39, 0.29) is 0 Å². The summed E-state index contributed by atoms with van der Waals surface area (Å²) in [4.78, 5) is 2.54. The molecule has 0 amide bonds. The molecule has 1 saturated heterocycles. The van der Waals surface area contributed by atoms with Crippen molar-refractivity contribution >= 4 is 0 Å². The van der Waals surface area contributed by atoms with Crippen molar-refractivity contribution in [2.24, 2.45) is 5.73 Å². The second-order valence-corrected chi connectivity index (χ2v) is 7.47. The molecular weight excluding hydrogens is 336 g/mol. The van der Waals surface area contributed by atoms with Crippen LogP contribution in [0, 0.1) is 11.3 Å². The molecule has 144 valence electrons. The molecule has 2 unspecified atom stereocenters. The van der Waals surface area contributed by atoms with Crippen LogP contribution in [0.2, 0.25) is 0 Å². The van der Waals surface area contributed by atoms with E-state index in [1.807, 2.05) is 6.08 Å². The van der Waals surface area contributed by atoms with Crippen LogP contribution in [0.15, 0.2) is 59.1 Å². The molecule has 3 aliphatic heterocycles. The van der Waals surface area contributed by atoms with Crippen LogP contribution in [0.25, 0.3) is 0 Å². The van der Waals surface area contributed by atoms with E-state index in [2.05, 4.69) is 59.4 Å². The van der Waals surface area contributed by atoms with Crippen LogP contribution < -0.4 is 16.5 Å². The van der Waals surface area contributed by atoms with E-state index < -0.39 is 6.04 Å². The molecule has 3 aliphatic rings. The number of dihydropyridines is 1. The van der Waals surface area contributed by atoms with E-state index in [1.165, 1.54) is 25.0 Å². The summed E-state index contributed by atoms with van der Waals surface area (Å²) in [5.74, 6) is 0.510. The smallest absolute Gasteiger partial charge is 0.141 e. The predicted molar refractivity (Wildman–Crippen MR) is 109 cm³/mol. The first kappa shape index (κ1) is 19.3. The van der Waals surface area contributed by atoms with Gasteiger partial charge < -0.3 is 16.1 Å². The lowest BCUT2D eigenvalue weighted by molar-refractivity contribution is 0.154. The number of likely N-dealkylation sites (tertiary alicyclic amines) is 1. The lowest BCUT2D eigenvalue weighted by Gasteiger charge is -2.36. The van der Waals surface area contributed by atoms with Gasteiger partial charge in [0.15, 0.2) is 0 Å². The molecular formula is C21H30N6. The summed E-state index contributed by atoms with van der Waals surface area (Å²) in [6, 6.07) is 2.42. The molecule has 4 N–H and O–H groups in total. The van der Waals surface area contributed by atoms with Gasteiger partial charge in [0.25, 0.3) is 0 Å². The normalized spacial score (nSPS) is 31.1. The molecule has 0 aromatic rings. The number of nitrogens with zero attached hydrogens (tertiary/aromatic N) is 3. The number of hydrogen-bond acceptors (Lipinski definition) is 6. The fourth-order valence-electron chi connectivity index (χ4n) is 3.86. The van der Waals surface area contributed by atoms with E-state index in [0.717, 1.165) is 29.8 Å². The molecule has 3 rings (SSSR count). The molecule has 6 heteroatoms.